The monoisotopic (exact) mass is 392 g/mol. The average Bonchev–Trinajstić information content (AvgIpc) is 3.13. The number of halogens is 1. The van der Waals surface area contributed by atoms with E-state index in [1.54, 1.807) is 0 Å². The second-order valence-electron chi connectivity index (χ2n) is 6.44. The van der Waals surface area contributed by atoms with E-state index in [0.29, 0.717) is 6.04 Å². The summed E-state index contributed by atoms with van der Waals surface area (Å²) in [5.74, 6) is 0. The zero-order chi connectivity index (χ0) is 17.1. The molecule has 2 heterocycles. The van der Waals surface area contributed by atoms with Crippen molar-refractivity contribution in [2.24, 2.45) is 0 Å². The van der Waals surface area contributed by atoms with Gasteiger partial charge in [-0.05, 0) is 47.7 Å². The van der Waals surface area contributed by atoms with Crippen LogP contribution < -0.4 is 5.32 Å². The predicted octanol–water partition coefficient (Wildman–Crippen LogP) is 5.78. The molecule has 0 saturated carbocycles. The maximum atomic E-state index is 3.68. The molecule has 0 bridgehead atoms. The molecule has 4 rings (SSSR count). The molecule has 0 radical (unpaired) electrons. The van der Waals surface area contributed by atoms with Crippen LogP contribution in [0.25, 0.3) is 22.6 Å². The molecule has 2 aromatic carbocycles. The molecule has 1 aliphatic rings. The smallest absolute Gasteiger partial charge is 0.0460 e. The van der Waals surface area contributed by atoms with Gasteiger partial charge < -0.3 is 10.3 Å². The second-order valence-corrected chi connectivity index (χ2v) is 7.30. The minimum absolute atomic E-state index is 0.487. The maximum absolute atomic E-state index is 3.68. The van der Waals surface area contributed by atoms with E-state index in [4.69, 9.17) is 0 Å². The van der Waals surface area contributed by atoms with E-state index in [9.17, 15) is 0 Å². The van der Waals surface area contributed by atoms with Gasteiger partial charge in [0.1, 0.15) is 0 Å². The third-order valence-corrected chi connectivity index (χ3v) is 5.49. The topological polar surface area (TPSA) is 27.8 Å². The van der Waals surface area contributed by atoms with Crippen LogP contribution >= 0.6 is 15.9 Å². The van der Waals surface area contributed by atoms with E-state index in [2.05, 4.69) is 93.0 Å². The number of aromatic nitrogens is 1. The van der Waals surface area contributed by atoms with E-state index in [1.165, 1.54) is 27.6 Å². The van der Waals surface area contributed by atoms with Gasteiger partial charge in [-0.2, -0.15) is 0 Å². The molecule has 2 nitrogen and oxygen atoms in total. The fraction of sp³-hybridized carbons (Fsp3) is 0.182. The molecular formula is C22H21BrN2. The first-order valence-electron chi connectivity index (χ1n) is 8.71. The number of rotatable bonds is 4. The number of hydrogen-bond donors (Lipinski definition) is 2. The van der Waals surface area contributed by atoms with Crippen LogP contribution in [-0.4, -0.2) is 17.6 Å². The Morgan fingerprint density at radius 3 is 2.84 bits per heavy atom. The summed E-state index contributed by atoms with van der Waals surface area (Å²) in [6, 6.07) is 17.5. The highest BCUT2D eigenvalue weighted by Crippen LogP contribution is 2.28. The van der Waals surface area contributed by atoms with Crippen LogP contribution in [0, 0.1) is 0 Å². The van der Waals surface area contributed by atoms with Gasteiger partial charge in [0, 0.05) is 34.2 Å². The van der Waals surface area contributed by atoms with Crippen LogP contribution in [-0.2, 0) is 0 Å². The molecule has 2 N–H and O–H groups in total. The van der Waals surface area contributed by atoms with Crippen LogP contribution in [0.15, 0.2) is 71.4 Å². The Hall–Kier alpha value is -2.10. The van der Waals surface area contributed by atoms with E-state index >= 15 is 0 Å². The third-order valence-electron chi connectivity index (χ3n) is 4.79. The van der Waals surface area contributed by atoms with Gasteiger partial charge in [0.25, 0.3) is 0 Å². The summed E-state index contributed by atoms with van der Waals surface area (Å²) in [6.07, 6.45) is 10.9. The molecule has 1 aliphatic heterocycles. The Morgan fingerprint density at radius 2 is 1.96 bits per heavy atom. The molecule has 0 saturated heterocycles. The van der Waals surface area contributed by atoms with E-state index in [0.717, 1.165) is 23.9 Å². The van der Waals surface area contributed by atoms with Gasteiger partial charge in [-0.25, -0.2) is 0 Å². The summed E-state index contributed by atoms with van der Waals surface area (Å²) in [5.41, 5.74) is 5.21. The molecule has 0 aliphatic carbocycles. The zero-order valence-corrected chi connectivity index (χ0v) is 15.6. The van der Waals surface area contributed by atoms with Gasteiger partial charge in [-0.1, -0.05) is 64.5 Å². The largest absolute Gasteiger partial charge is 0.361 e. The fourth-order valence-corrected chi connectivity index (χ4v) is 3.95. The summed E-state index contributed by atoms with van der Waals surface area (Å²) in [6.45, 7) is 0.944. The number of aromatic amines is 1. The first-order valence-corrected chi connectivity index (χ1v) is 9.50. The molecule has 126 valence electrons. The van der Waals surface area contributed by atoms with Crippen LogP contribution in [0.5, 0.6) is 0 Å². The summed E-state index contributed by atoms with van der Waals surface area (Å²) >= 11 is 3.68. The van der Waals surface area contributed by atoms with Crippen molar-refractivity contribution in [2.75, 3.05) is 6.54 Å². The molecular weight excluding hydrogens is 372 g/mol. The maximum Gasteiger partial charge on any atom is 0.0460 e. The number of hydrogen-bond acceptors (Lipinski definition) is 1. The Morgan fingerprint density at radius 1 is 1.08 bits per heavy atom. The lowest BCUT2D eigenvalue weighted by Crippen LogP contribution is -2.32. The van der Waals surface area contributed by atoms with Crippen molar-refractivity contribution in [3.05, 3.63) is 82.5 Å². The van der Waals surface area contributed by atoms with Crippen LogP contribution in [0.4, 0.5) is 0 Å². The number of nitrogens with one attached hydrogen (secondary N) is 2. The summed E-state index contributed by atoms with van der Waals surface area (Å²) in [4.78, 5) is 3.28. The lowest BCUT2D eigenvalue weighted by Gasteiger charge is -2.23. The average molecular weight is 393 g/mol. The minimum Gasteiger partial charge on any atom is -0.361 e. The SMILES string of the molecule is Brc1ccc2[nH]ccc2c1C=CCC1CC(c2ccccc2)=CCN1. The van der Waals surface area contributed by atoms with Gasteiger partial charge in [0.05, 0.1) is 0 Å². The molecule has 3 heteroatoms. The van der Waals surface area contributed by atoms with Gasteiger partial charge in [0.2, 0.25) is 0 Å². The second kappa shape index (κ2) is 7.42. The third kappa shape index (κ3) is 3.63. The molecule has 0 spiro atoms. The van der Waals surface area contributed by atoms with Crippen molar-refractivity contribution in [2.45, 2.75) is 18.9 Å². The molecule has 1 unspecified atom stereocenters. The van der Waals surface area contributed by atoms with E-state index in [-0.39, 0.29) is 0 Å². The standard InChI is InChI=1S/C22H21BrN2/c23-21-9-10-22-20(12-14-25-22)19(21)8-4-7-18-15-17(11-13-24-18)16-5-2-1-3-6-16/h1-6,8-12,14,18,24-25H,7,13,15H2. The predicted molar refractivity (Wildman–Crippen MR) is 110 cm³/mol. The highest BCUT2D eigenvalue weighted by atomic mass is 79.9. The normalized spacial score (nSPS) is 18.0. The summed E-state index contributed by atoms with van der Waals surface area (Å²) in [7, 11) is 0. The van der Waals surface area contributed by atoms with Crippen molar-refractivity contribution in [3.8, 4) is 0 Å². The van der Waals surface area contributed by atoms with Crippen LogP contribution in [0.1, 0.15) is 24.0 Å². The first kappa shape index (κ1) is 16.4. The Labute approximate surface area is 156 Å². The van der Waals surface area contributed by atoms with Gasteiger partial charge in [-0.3, -0.25) is 0 Å². The quantitative estimate of drug-likeness (QED) is 0.578. The van der Waals surface area contributed by atoms with E-state index < -0.39 is 0 Å². The molecule has 25 heavy (non-hydrogen) atoms. The first-order chi connectivity index (χ1) is 12.3. The van der Waals surface area contributed by atoms with Crippen molar-refractivity contribution in [1.29, 1.82) is 0 Å². The number of fused-ring (bicyclic) bond motifs is 1. The van der Waals surface area contributed by atoms with Crippen LogP contribution in [0.3, 0.4) is 0 Å². The van der Waals surface area contributed by atoms with Crippen molar-refractivity contribution >= 4 is 38.5 Å². The van der Waals surface area contributed by atoms with Gasteiger partial charge in [0.15, 0.2) is 0 Å². The number of H-pyrrole nitrogens is 1. The van der Waals surface area contributed by atoms with E-state index in [1.807, 2.05) is 6.20 Å². The van der Waals surface area contributed by atoms with Crippen LogP contribution in [0.2, 0.25) is 0 Å². The zero-order valence-electron chi connectivity index (χ0n) is 14.0. The summed E-state index contributed by atoms with van der Waals surface area (Å²) < 4.78 is 1.14. The molecule has 3 aromatic rings. The molecule has 1 aromatic heterocycles. The molecule has 1 atom stereocenters. The lowest BCUT2D eigenvalue weighted by molar-refractivity contribution is 0.542. The highest BCUT2D eigenvalue weighted by molar-refractivity contribution is 9.10. The highest BCUT2D eigenvalue weighted by Gasteiger charge is 2.14. The minimum atomic E-state index is 0.487. The van der Waals surface area contributed by atoms with Crippen molar-refractivity contribution in [1.82, 2.24) is 10.3 Å². The Bertz CT molecular complexity index is 922. The molecule has 0 fully saturated rings. The van der Waals surface area contributed by atoms with Crippen molar-refractivity contribution in [3.63, 3.8) is 0 Å². The Kier molecular flexibility index (Phi) is 4.86. The fourth-order valence-electron chi connectivity index (χ4n) is 3.47. The van der Waals surface area contributed by atoms with Gasteiger partial charge >= 0.3 is 0 Å². The summed E-state index contributed by atoms with van der Waals surface area (Å²) in [5, 5.41) is 4.86. The Balaban J connectivity index is 1.46. The number of benzene rings is 2. The molecule has 0 amide bonds. The van der Waals surface area contributed by atoms with Crippen molar-refractivity contribution < 1.29 is 0 Å². The van der Waals surface area contributed by atoms with Gasteiger partial charge in [-0.15, -0.1) is 0 Å². The lowest BCUT2D eigenvalue weighted by atomic mass is 9.93.